The molecule has 0 radical (unpaired) electrons. The molecule has 7 nitrogen and oxygen atoms in total. The van der Waals surface area contributed by atoms with E-state index in [0.29, 0.717) is 25.3 Å². The molecule has 2 heterocycles. The maximum atomic E-state index is 13.2. The summed E-state index contributed by atoms with van der Waals surface area (Å²) in [5.74, 6) is -0.611. The second-order valence-corrected chi connectivity index (χ2v) is 8.39. The van der Waals surface area contributed by atoms with Crippen LogP contribution >= 0.6 is 0 Å². The molecular weight excluding hydrogens is 390 g/mol. The summed E-state index contributed by atoms with van der Waals surface area (Å²) >= 11 is 0. The minimum atomic E-state index is -1.04. The number of nitrogens with one attached hydrogen (secondary N) is 1. The first-order valence-corrected chi connectivity index (χ1v) is 10.9. The highest BCUT2D eigenvalue weighted by Gasteiger charge is 2.52. The molecule has 3 atom stereocenters. The number of nitrogen functional groups attached to an aromatic ring is 1. The van der Waals surface area contributed by atoms with E-state index in [0.717, 1.165) is 24.2 Å². The van der Waals surface area contributed by atoms with Crippen LogP contribution in [0.5, 0.6) is 0 Å². The Morgan fingerprint density at radius 1 is 1.26 bits per heavy atom. The number of likely N-dealkylation sites (tertiary alicyclic amines) is 1. The fourth-order valence-electron chi connectivity index (χ4n) is 4.84. The average Bonchev–Trinajstić information content (AvgIpc) is 2.77. The highest BCUT2D eigenvalue weighted by atomic mass is 16.2. The van der Waals surface area contributed by atoms with Gasteiger partial charge >= 0.3 is 0 Å². The first-order valence-electron chi connectivity index (χ1n) is 10.9. The van der Waals surface area contributed by atoms with Gasteiger partial charge in [0.2, 0.25) is 11.8 Å². The van der Waals surface area contributed by atoms with E-state index in [1.165, 1.54) is 5.56 Å². The van der Waals surface area contributed by atoms with Gasteiger partial charge in [-0.05, 0) is 56.0 Å². The average molecular weight is 424 g/mol. The van der Waals surface area contributed by atoms with Crippen LogP contribution in [-0.4, -0.2) is 40.3 Å². The monoisotopic (exact) mass is 423 g/mol. The van der Waals surface area contributed by atoms with Gasteiger partial charge in [0.05, 0.1) is 5.92 Å². The molecule has 1 fully saturated rings. The number of likely N-dealkylation sites (N-methyl/N-ethyl adjacent to an activating group) is 1. The van der Waals surface area contributed by atoms with Crippen molar-refractivity contribution in [3.63, 3.8) is 0 Å². The second-order valence-electron chi connectivity index (χ2n) is 8.39. The van der Waals surface area contributed by atoms with E-state index < -0.39 is 17.4 Å². The fourth-order valence-corrected chi connectivity index (χ4v) is 4.84. The number of piperidine rings is 1. The molecule has 0 spiro atoms. The number of aromatic nitrogens is 1. The topological polar surface area (TPSA) is 114 Å². The van der Waals surface area contributed by atoms with Gasteiger partial charge in [-0.3, -0.25) is 14.5 Å². The van der Waals surface area contributed by atoms with Crippen LogP contribution in [0.4, 0.5) is 5.82 Å². The third-order valence-corrected chi connectivity index (χ3v) is 6.73. The van der Waals surface area contributed by atoms with Gasteiger partial charge < -0.3 is 16.8 Å². The van der Waals surface area contributed by atoms with Gasteiger partial charge in [0.15, 0.2) is 0 Å². The number of hydrogen-bond acceptors (Lipinski definition) is 5. The van der Waals surface area contributed by atoms with Crippen molar-refractivity contribution in [3.8, 4) is 0 Å². The maximum Gasteiger partial charge on any atom is 0.238 e. The summed E-state index contributed by atoms with van der Waals surface area (Å²) in [6.45, 7) is 7.38. The fraction of sp³-hybridized carbons (Fsp3) is 0.458. The van der Waals surface area contributed by atoms with E-state index in [4.69, 9.17) is 11.5 Å². The van der Waals surface area contributed by atoms with Gasteiger partial charge in [0.25, 0.3) is 0 Å². The number of anilines is 1. The number of hydrogen-bond donors (Lipinski definition) is 3. The molecule has 0 bridgehead atoms. The highest BCUT2D eigenvalue weighted by Crippen LogP contribution is 2.42. The second kappa shape index (κ2) is 9.47. The van der Waals surface area contributed by atoms with Crippen LogP contribution in [0.25, 0.3) is 0 Å². The number of primary amides is 1. The number of pyridine rings is 1. The molecule has 2 unspecified atom stereocenters. The van der Waals surface area contributed by atoms with Gasteiger partial charge in [0, 0.05) is 12.2 Å². The van der Waals surface area contributed by atoms with Crippen LogP contribution in [0, 0.1) is 12.8 Å². The number of amides is 2. The lowest BCUT2D eigenvalue weighted by molar-refractivity contribution is -0.146. The lowest BCUT2D eigenvalue weighted by Crippen LogP contribution is -2.66. The van der Waals surface area contributed by atoms with Gasteiger partial charge in [-0.1, -0.05) is 50.2 Å². The van der Waals surface area contributed by atoms with Crippen molar-refractivity contribution < 1.29 is 9.59 Å². The molecule has 1 aromatic carbocycles. The minimum Gasteiger partial charge on any atom is -0.384 e. The number of benzene rings is 1. The molecule has 166 valence electrons. The first kappa shape index (κ1) is 22.7. The van der Waals surface area contributed by atoms with Crippen molar-refractivity contribution in [1.82, 2.24) is 15.2 Å². The summed E-state index contributed by atoms with van der Waals surface area (Å²) in [5.41, 5.74) is 13.5. The zero-order valence-corrected chi connectivity index (χ0v) is 18.6. The number of carbonyl (C=O) groups is 2. The van der Waals surface area contributed by atoms with Crippen LogP contribution < -0.4 is 16.8 Å². The highest BCUT2D eigenvalue weighted by molar-refractivity contribution is 5.93. The Morgan fingerprint density at radius 3 is 2.58 bits per heavy atom. The van der Waals surface area contributed by atoms with Crippen LogP contribution in [0.3, 0.4) is 0 Å². The summed E-state index contributed by atoms with van der Waals surface area (Å²) in [7, 11) is 0. The molecule has 2 aromatic rings. The minimum absolute atomic E-state index is 0.176. The summed E-state index contributed by atoms with van der Waals surface area (Å²) in [6.07, 6.45) is 1.45. The Bertz CT molecular complexity index is 933. The lowest BCUT2D eigenvalue weighted by Gasteiger charge is -2.50. The third-order valence-electron chi connectivity index (χ3n) is 6.73. The summed E-state index contributed by atoms with van der Waals surface area (Å²) in [4.78, 5) is 32.4. The number of rotatable bonds is 7. The summed E-state index contributed by atoms with van der Waals surface area (Å²) in [5, 5.41) is 2.98. The normalized spacial score (nSPS) is 22.6. The number of nitrogens with zero attached hydrogens (tertiary/aromatic N) is 2. The molecule has 1 aromatic heterocycles. The maximum absolute atomic E-state index is 13.2. The SMILES string of the molecule is CCN1CCC(c2ccccc2)CC1(C(N)=O)[C@H](C)C(=O)NCc1ccc(N)nc1C. The van der Waals surface area contributed by atoms with Gasteiger partial charge in [0.1, 0.15) is 11.4 Å². The van der Waals surface area contributed by atoms with E-state index in [1.54, 1.807) is 6.07 Å². The predicted molar refractivity (Wildman–Crippen MR) is 122 cm³/mol. The smallest absolute Gasteiger partial charge is 0.238 e. The van der Waals surface area contributed by atoms with Crippen LogP contribution in [0.2, 0.25) is 0 Å². The summed E-state index contributed by atoms with van der Waals surface area (Å²) < 4.78 is 0. The molecule has 31 heavy (non-hydrogen) atoms. The summed E-state index contributed by atoms with van der Waals surface area (Å²) in [6, 6.07) is 13.7. The van der Waals surface area contributed by atoms with Crippen molar-refractivity contribution in [2.45, 2.75) is 51.6 Å². The van der Waals surface area contributed by atoms with E-state index in [-0.39, 0.29) is 11.8 Å². The quantitative estimate of drug-likeness (QED) is 0.632. The molecule has 1 aliphatic rings. The van der Waals surface area contributed by atoms with Gasteiger partial charge in [-0.2, -0.15) is 0 Å². The zero-order chi connectivity index (χ0) is 22.6. The molecule has 7 heteroatoms. The number of aryl methyl sites for hydroxylation is 1. The lowest BCUT2D eigenvalue weighted by atomic mass is 9.70. The van der Waals surface area contributed by atoms with Crippen molar-refractivity contribution >= 4 is 17.6 Å². The standard InChI is InChI=1S/C24H33N5O2/c1-4-29-13-12-19(18-8-6-5-7-9-18)14-24(29,23(26)31)16(2)22(30)27-15-20-10-11-21(25)28-17(20)3/h5-11,16,19H,4,12-15H2,1-3H3,(H2,25,28)(H2,26,31)(H,27,30)/t16-,19?,24?/m1/s1. The van der Waals surface area contributed by atoms with E-state index in [2.05, 4.69) is 27.3 Å². The molecule has 1 saturated heterocycles. The van der Waals surface area contributed by atoms with Crippen LogP contribution in [-0.2, 0) is 16.1 Å². The van der Waals surface area contributed by atoms with Crippen molar-refractivity contribution in [2.75, 3.05) is 18.8 Å². The largest absolute Gasteiger partial charge is 0.384 e. The third kappa shape index (κ3) is 4.56. The zero-order valence-electron chi connectivity index (χ0n) is 18.6. The molecular formula is C24H33N5O2. The molecule has 1 aliphatic heterocycles. The van der Waals surface area contributed by atoms with Gasteiger partial charge in [-0.15, -0.1) is 0 Å². The van der Waals surface area contributed by atoms with Crippen molar-refractivity contribution in [1.29, 1.82) is 0 Å². The molecule has 0 saturated carbocycles. The van der Waals surface area contributed by atoms with Crippen molar-refractivity contribution in [2.24, 2.45) is 11.7 Å². The van der Waals surface area contributed by atoms with Gasteiger partial charge in [-0.25, -0.2) is 4.98 Å². The first-order chi connectivity index (χ1) is 14.8. The van der Waals surface area contributed by atoms with E-state index >= 15 is 0 Å². The Hall–Kier alpha value is -2.93. The van der Waals surface area contributed by atoms with Crippen LogP contribution in [0.15, 0.2) is 42.5 Å². The van der Waals surface area contributed by atoms with Crippen molar-refractivity contribution in [3.05, 3.63) is 59.3 Å². The predicted octanol–water partition coefficient (Wildman–Crippen LogP) is 2.35. The molecule has 3 rings (SSSR count). The van der Waals surface area contributed by atoms with Crippen LogP contribution in [0.1, 0.15) is 49.4 Å². The Morgan fingerprint density at radius 2 is 1.97 bits per heavy atom. The molecule has 5 N–H and O–H groups in total. The molecule has 2 amide bonds. The number of carbonyl (C=O) groups excluding carboxylic acids is 2. The Balaban J connectivity index is 1.84. The molecule has 0 aliphatic carbocycles. The van der Waals surface area contributed by atoms with E-state index in [1.807, 2.05) is 45.0 Å². The Kier molecular flexibility index (Phi) is 6.95. The van der Waals surface area contributed by atoms with E-state index in [9.17, 15) is 9.59 Å². The number of nitrogens with two attached hydrogens (primary N) is 2. The Labute approximate surface area is 184 Å².